The maximum atomic E-state index is 12.3. The van der Waals surface area contributed by atoms with Crippen molar-refractivity contribution < 1.29 is 38.4 Å². The molecule has 2 atom stereocenters. The number of carbonyl (C=O) groups is 3. The molecule has 2 amide bonds. The Labute approximate surface area is 293 Å². The van der Waals surface area contributed by atoms with Gasteiger partial charge in [0.1, 0.15) is 35.0 Å². The van der Waals surface area contributed by atoms with Gasteiger partial charge in [-0.3, -0.25) is 9.80 Å². The summed E-state index contributed by atoms with van der Waals surface area (Å²) in [5.41, 5.74) is 0.689. The Morgan fingerprint density at radius 3 is 1.62 bits per heavy atom. The highest BCUT2D eigenvalue weighted by molar-refractivity contribution is 6.32. The lowest BCUT2D eigenvalue weighted by Gasteiger charge is -2.42. The predicted octanol–water partition coefficient (Wildman–Crippen LogP) is 5.74. The molecule has 0 bridgehead atoms. The maximum Gasteiger partial charge on any atom is 0.411 e. The van der Waals surface area contributed by atoms with Gasteiger partial charge in [-0.15, -0.1) is 0 Å². The summed E-state index contributed by atoms with van der Waals surface area (Å²) < 4.78 is 21.3. The molecule has 0 unspecified atom stereocenters. The molecule has 0 saturated carbocycles. The summed E-state index contributed by atoms with van der Waals surface area (Å²) in [4.78, 5) is 43.2. The van der Waals surface area contributed by atoms with Gasteiger partial charge >= 0.3 is 12.2 Å². The third kappa shape index (κ3) is 10.7. The number of aliphatic hydroxyl groups excluding tert-OH is 1. The van der Waals surface area contributed by atoms with Crippen molar-refractivity contribution in [2.24, 2.45) is 0 Å². The number of amides is 2. The largest absolute Gasteiger partial charge is 0.495 e. The quantitative estimate of drug-likeness (QED) is 0.372. The SMILES string of the molecule is COc1cc(N2CCN(C(=O)OC(C)(C)C)[C@@H](C=O)C2)ccc1Cl.COc1cc(N2CCN(C(=O)OC(C)(C)C)[C@@H](CO)C2)ccc1Cl. The second-order valence-corrected chi connectivity index (χ2v) is 14.2. The van der Waals surface area contributed by atoms with Gasteiger partial charge < -0.3 is 38.6 Å². The minimum absolute atomic E-state index is 0.125. The van der Waals surface area contributed by atoms with E-state index in [9.17, 15) is 19.5 Å². The van der Waals surface area contributed by atoms with Crippen LogP contribution < -0.4 is 19.3 Å². The van der Waals surface area contributed by atoms with Crippen LogP contribution in [-0.2, 0) is 14.3 Å². The van der Waals surface area contributed by atoms with Crippen LogP contribution in [0.2, 0.25) is 10.0 Å². The van der Waals surface area contributed by atoms with Crippen molar-refractivity contribution in [1.82, 2.24) is 9.80 Å². The number of aliphatic hydroxyl groups is 1. The van der Waals surface area contributed by atoms with Crippen molar-refractivity contribution >= 4 is 53.0 Å². The number of piperazine rings is 2. The number of aldehydes is 1. The topological polar surface area (TPSA) is 121 Å². The fraction of sp³-hybridized carbons (Fsp3) is 0.559. The second kappa shape index (κ2) is 16.7. The van der Waals surface area contributed by atoms with Gasteiger partial charge in [-0.25, -0.2) is 9.59 Å². The van der Waals surface area contributed by atoms with Crippen LogP contribution in [0.25, 0.3) is 0 Å². The highest BCUT2D eigenvalue weighted by Gasteiger charge is 2.34. The van der Waals surface area contributed by atoms with Crippen molar-refractivity contribution in [2.45, 2.75) is 64.8 Å². The number of rotatable bonds is 6. The second-order valence-electron chi connectivity index (χ2n) is 13.4. The van der Waals surface area contributed by atoms with Crippen molar-refractivity contribution in [3.8, 4) is 11.5 Å². The molecule has 0 aliphatic carbocycles. The van der Waals surface area contributed by atoms with Gasteiger partial charge in [-0.1, -0.05) is 23.2 Å². The van der Waals surface area contributed by atoms with E-state index in [2.05, 4.69) is 4.90 Å². The molecule has 266 valence electrons. The Bertz CT molecular complexity index is 1410. The van der Waals surface area contributed by atoms with E-state index in [0.29, 0.717) is 60.8 Å². The third-order valence-electron chi connectivity index (χ3n) is 7.52. The summed E-state index contributed by atoms with van der Waals surface area (Å²) in [7, 11) is 3.13. The van der Waals surface area contributed by atoms with Crippen molar-refractivity contribution in [3.05, 3.63) is 46.4 Å². The molecule has 2 heterocycles. The zero-order valence-electron chi connectivity index (χ0n) is 29.0. The lowest BCUT2D eigenvalue weighted by molar-refractivity contribution is -0.112. The van der Waals surface area contributed by atoms with E-state index >= 15 is 0 Å². The van der Waals surface area contributed by atoms with Gasteiger partial charge in [0.25, 0.3) is 0 Å². The average Bonchev–Trinajstić information content (AvgIpc) is 3.03. The molecule has 1 N–H and O–H groups in total. The van der Waals surface area contributed by atoms with Crippen LogP contribution in [0.4, 0.5) is 21.0 Å². The number of halogens is 2. The number of anilines is 2. The first-order chi connectivity index (χ1) is 22.5. The Morgan fingerprint density at radius 1 is 0.771 bits per heavy atom. The summed E-state index contributed by atoms with van der Waals surface area (Å²) >= 11 is 12.1. The fourth-order valence-electron chi connectivity index (χ4n) is 5.21. The van der Waals surface area contributed by atoms with Gasteiger partial charge in [0.15, 0.2) is 0 Å². The zero-order chi connectivity index (χ0) is 35.8. The van der Waals surface area contributed by atoms with Crippen LogP contribution >= 0.6 is 23.2 Å². The molecule has 2 aromatic carbocycles. The number of hydrogen-bond acceptors (Lipinski definition) is 10. The first-order valence-corrected chi connectivity index (χ1v) is 16.5. The normalized spacial score (nSPS) is 18.4. The highest BCUT2D eigenvalue weighted by Crippen LogP contribution is 2.32. The van der Waals surface area contributed by atoms with E-state index in [1.807, 2.05) is 49.9 Å². The van der Waals surface area contributed by atoms with Crippen LogP contribution in [0.1, 0.15) is 41.5 Å². The molecule has 2 aliphatic heterocycles. The van der Waals surface area contributed by atoms with Crippen molar-refractivity contribution in [1.29, 1.82) is 0 Å². The molecular weight excluding hydrogens is 663 g/mol. The molecule has 2 saturated heterocycles. The predicted molar refractivity (Wildman–Crippen MR) is 187 cm³/mol. The molecule has 0 radical (unpaired) electrons. The Kier molecular flexibility index (Phi) is 13.5. The Hall–Kier alpha value is -3.61. The van der Waals surface area contributed by atoms with Gasteiger partial charge in [0.05, 0.1) is 36.9 Å². The number of hydrogen-bond donors (Lipinski definition) is 1. The smallest absolute Gasteiger partial charge is 0.411 e. The third-order valence-corrected chi connectivity index (χ3v) is 8.15. The number of benzene rings is 2. The lowest BCUT2D eigenvalue weighted by Crippen LogP contribution is -2.57. The number of ether oxygens (including phenoxy) is 4. The molecule has 2 aliphatic rings. The summed E-state index contributed by atoms with van der Waals surface area (Å²) in [5.74, 6) is 1.18. The number of nitrogens with zero attached hydrogens (tertiary/aromatic N) is 4. The molecule has 0 aromatic heterocycles. The van der Waals surface area contributed by atoms with Crippen molar-refractivity contribution in [3.63, 3.8) is 0 Å². The molecule has 0 spiro atoms. The monoisotopic (exact) mass is 710 g/mol. The summed E-state index contributed by atoms with van der Waals surface area (Å²) in [6.07, 6.45) is -0.0775. The van der Waals surface area contributed by atoms with E-state index in [1.165, 1.54) is 4.90 Å². The lowest BCUT2D eigenvalue weighted by atomic mass is 10.1. The van der Waals surface area contributed by atoms with Crippen molar-refractivity contribution in [2.75, 3.05) is 69.9 Å². The zero-order valence-corrected chi connectivity index (χ0v) is 30.5. The molecule has 2 aromatic rings. The first kappa shape index (κ1) is 38.8. The van der Waals surface area contributed by atoms with Gasteiger partial charge in [-0.05, 0) is 65.8 Å². The highest BCUT2D eigenvalue weighted by atomic mass is 35.5. The van der Waals surface area contributed by atoms with Crippen LogP contribution in [0.15, 0.2) is 36.4 Å². The number of carbonyl (C=O) groups excluding carboxylic acids is 3. The van der Waals surface area contributed by atoms with Gasteiger partial charge in [0, 0.05) is 62.8 Å². The Morgan fingerprint density at radius 2 is 1.21 bits per heavy atom. The molecular formula is C34H48Cl2N4O8. The first-order valence-electron chi connectivity index (χ1n) is 15.7. The molecule has 48 heavy (non-hydrogen) atoms. The summed E-state index contributed by atoms with van der Waals surface area (Å²) in [6.45, 7) is 13.8. The van der Waals surface area contributed by atoms with E-state index in [4.69, 9.17) is 42.1 Å². The van der Waals surface area contributed by atoms with Crippen LogP contribution in [-0.4, -0.2) is 117 Å². The Balaban J connectivity index is 0.000000260. The average molecular weight is 712 g/mol. The fourth-order valence-corrected chi connectivity index (χ4v) is 5.59. The summed E-state index contributed by atoms with van der Waals surface area (Å²) in [5, 5.41) is 10.8. The molecule has 2 fully saturated rings. The van der Waals surface area contributed by atoms with Crippen LogP contribution in [0, 0.1) is 0 Å². The standard InChI is InChI=1S/C17H25ClN2O4.C17H23ClN2O4/c2*1-17(2,3)24-16(22)20-8-7-19(10-13(20)11-21)12-5-6-14(18)15(9-12)23-4/h5-6,9,13,21H,7-8,10-11H2,1-4H3;5-6,9,11,13H,7-8,10H2,1-4H3/t2*13-/m11/s1. The molecule has 14 heteroatoms. The summed E-state index contributed by atoms with van der Waals surface area (Å²) in [6, 6.07) is 10.1. The molecule has 4 rings (SSSR count). The van der Waals surface area contributed by atoms with E-state index in [-0.39, 0.29) is 12.6 Å². The number of methoxy groups -OCH3 is 2. The van der Waals surface area contributed by atoms with E-state index < -0.39 is 29.4 Å². The maximum absolute atomic E-state index is 12.3. The van der Waals surface area contributed by atoms with Crippen LogP contribution in [0.5, 0.6) is 11.5 Å². The minimum atomic E-state index is -0.592. The van der Waals surface area contributed by atoms with Gasteiger partial charge in [-0.2, -0.15) is 0 Å². The van der Waals surface area contributed by atoms with Crippen LogP contribution in [0.3, 0.4) is 0 Å². The van der Waals surface area contributed by atoms with E-state index in [0.717, 1.165) is 17.7 Å². The molecule has 12 nitrogen and oxygen atoms in total. The van der Waals surface area contributed by atoms with E-state index in [1.54, 1.807) is 52.0 Å². The minimum Gasteiger partial charge on any atom is -0.495 e. The van der Waals surface area contributed by atoms with Gasteiger partial charge in [0.2, 0.25) is 0 Å².